The maximum absolute atomic E-state index is 14.6. The normalized spacial score (nSPS) is 21.4. The molecule has 1 saturated heterocycles. The molecule has 0 aliphatic carbocycles. The highest BCUT2D eigenvalue weighted by Crippen LogP contribution is 2.42. The average Bonchev–Trinajstić information content (AvgIpc) is 3.32. The largest absolute Gasteiger partial charge is 0.493 e. The van der Waals surface area contributed by atoms with Crippen molar-refractivity contribution in [1.82, 2.24) is 14.8 Å². The lowest BCUT2D eigenvalue weighted by Crippen LogP contribution is -2.32. The van der Waals surface area contributed by atoms with E-state index in [1.807, 2.05) is 26.0 Å². The fourth-order valence-electron chi connectivity index (χ4n) is 3.96. The van der Waals surface area contributed by atoms with Gasteiger partial charge < -0.3 is 9.47 Å². The lowest BCUT2D eigenvalue weighted by atomic mass is 9.87. The van der Waals surface area contributed by atoms with E-state index >= 15 is 0 Å². The van der Waals surface area contributed by atoms with Crippen molar-refractivity contribution in [3.63, 3.8) is 0 Å². The number of ether oxygens (including phenoxy) is 2. The summed E-state index contributed by atoms with van der Waals surface area (Å²) in [6, 6.07) is 9.64. The van der Waals surface area contributed by atoms with E-state index in [1.165, 1.54) is 24.0 Å². The number of benzene rings is 2. The molecule has 29 heavy (non-hydrogen) atoms. The molecule has 0 amide bonds. The Kier molecular flexibility index (Phi) is 5.32. The highest BCUT2D eigenvalue weighted by atomic mass is 19.1. The summed E-state index contributed by atoms with van der Waals surface area (Å²) in [6.45, 7) is 5.20. The van der Waals surface area contributed by atoms with Crippen molar-refractivity contribution < 1.29 is 18.3 Å². The van der Waals surface area contributed by atoms with Crippen molar-refractivity contribution in [3.8, 4) is 5.75 Å². The van der Waals surface area contributed by atoms with E-state index < -0.39 is 17.2 Å². The third-order valence-corrected chi connectivity index (χ3v) is 5.32. The standard InChI is InChI=1S/C22H23F2N3O2/c1-15-3-6-21(16(2)7-15)28-10-17-9-22(29-11-17,12-27-14-25-13-26-27)19-5-4-18(23)8-20(19)24/h3-8,13-14,17H,9-12H2,1-2H3/t17-,22?/m1/s1. The molecule has 0 bridgehead atoms. The number of halogens is 2. The molecule has 5 nitrogen and oxygen atoms in total. The van der Waals surface area contributed by atoms with Crippen LogP contribution in [0.3, 0.4) is 0 Å². The number of nitrogens with zero attached hydrogens (tertiary/aromatic N) is 3. The topological polar surface area (TPSA) is 49.2 Å². The molecule has 2 heterocycles. The van der Waals surface area contributed by atoms with Crippen LogP contribution < -0.4 is 4.74 Å². The zero-order valence-electron chi connectivity index (χ0n) is 16.4. The smallest absolute Gasteiger partial charge is 0.137 e. The van der Waals surface area contributed by atoms with Crippen LogP contribution in [-0.2, 0) is 16.9 Å². The minimum absolute atomic E-state index is 0.0590. The van der Waals surface area contributed by atoms with Gasteiger partial charge in [0.05, 0.1) is 19.8 Å². The maximum Gasteiger partial charge on any atom is 0.137 e. The minimum Gasteiger partial charge on any atom is -0.493 e. The Morgan fingerprint density at radius 2 is 2.07 bits per heavy atom. The molecule has 0 radical (unpaired) electrons. The second-order valence-electron chi connectivity index (χ2n) is 7.67. The fourth-order valence-corrected chi connectivity index (χ4v) is 3.96. The number of hydrogen-bond acceptors (Lipinski definition) is 4. The Labute approximate surface area is 168 Å². The quantitative estimate of drug-likeness (QED) is 0.624. The Balaban J connectivity index is 1.55. The van der Waals surface area contributed by atoms with E-state index in [0.29, 0.717) is 25.2 Å². The lowest BCUT2D eigenvalue weighted by molar-refractivity contribution is -0.0206. The first-order valence-electron chi connectivity index (χ1n) is 9.57. The molecular weight excluding hydrogens is 376 g/mol. The zero-order valence-corrected chi connectivity index (χ0v) is 16.4. The second kappa shape index (κ2) is 7.91. The molecule has 0 saturated carbocycles. The van der Waals surface area contributed by atoms with Crippen molar-refractivity contribution in [1.29, 1.82) is 0 Å². The van der Waals surface area contributed by atoms with Crippen molar-refractivity contribution in [2.75, 3.05) is 13.2 Å². The predicted octanol–water partition coefficient (Wildman–Crippen LogP) is 4.18. The van der Waals surface area contributed by atoms with Crippen LogP contribution in [0.25, 0.3) is 0 Å². The van der Waals surface area contributed by atoms with E-state index in [0.717, 1.165) is 17.4 Å². The van der Waals surface area contributed by atoms with Gasteiger partial charge >= 0.3 is 0 Å². The predicted molar refractivity (Wildman–Crippen MR) is 104 cm³/mol. The van der Waals surface area contributed by atoms with Gasteiger partial charge in [0.25, 0.3) is 0 Å². The summed E-state index contributed by atoms with van der Waals surface area (Å²) >= 11 is 0. The number of aryl methyl sites for hydroxylation is 2. The molecular formula is C22H23F2N3O2. The van der Waals surface area contributed by atoms with Crippen LogP contribution in [0.1, 0.15) is 23.1 Å². The molecule has 1 aliphatic heterocycles. The number of aromatic nitrogens is 3. The maximum atomic E-state index is 14.6. The van der Waals surface area contributed by atoms with Gasteiger partial charge in [0.2, 0.25) is 0 Å². The summed E-state index contributed by atoms with van der Waals surface area (Å²) in [5.74, 6) is -0.350. The Morgan fingerprint density at radius 1 is 1.21 bits per heavy atom. The van der Waals surface area contributed by atoms with Crippen LogP contribution in [-0.4, -0.2) is 28.0 Å². The monoisotopic (exact) mass is 399 g/mol. The van der Waals surface area contributed by atoms with Crippen LogP contribution in [0.2, 0.25) is 0 Å². The molecule has 1 aliphatic rings. The van der Waals surface area contributed by atoms with Gasteiger partial charge in [-0.05, 0) is 38.0 Å². The molecule has 1 aromatic heterocycles. The molecule has 2 atom stereocenters. The fraction of sp³-hybridized carbons (Fsp3) is 0.364. The Bertz CT molecular complexity index is 994. The SMILES string of the molecule is Cc1ccc(OC[C@@H]2COC(Cn3cncn3)(c3ccc(F)cc3F)C2)c(C)c1. The highest BCUT2D eigenvalue weighted by molar-refractivity contribution is 5.35. The van der Waals surface area contributed by atoms with Crippen LogP contribution in [0, 0.1) is 31.4 Å². The van der Waals surface area contributed by atoms with Crippen molar-refractivity contribution in [3.05, 3.63) is 77.4 Å². The first-order valence-corrected chi connectivity index (χ1v) is 9.57. The van der Waals surface area contributed by atoms with E-state index in [-0.39, 0.29) is 12.5 Å². The molecule has 0 spiro atoms. The van der Waals surface area contributed by atoms with Crippen molar-refractivity contribution in [2.45, 2.75) is 32.4 Å². The molecule has 1 unspecified atom stereocenters. The summed E-state index contributed by atoms with van der Waals surface area (Å²) in [6.07, 6.45) is 3.51. The Morgan fingerprint density at radius 3 is 2.79 bits per heavy atom. The van der Waals surface area contributed by atoms with E-state index in [2.05, 4.69) is 16.1 Å². The third kappa shape index (κ3) is 4.15. The number of hydrogen-bond donors (Lipinski definition) is 0. The molecule has 0 N–H and O–H groups in total. The summed E-state index contributed by atoms with van der Waals surface area (Å²) in [5, 5.41) is 4.13. The van der Waals surface area contributed by atoms with E-state index in [1.54, 1.807) is 11.0 Å². The summed E-state index contributed by atoms with van der Waals surface area (Å²) in [4.78, 5) is 3.96. The molecule has 4 rings (SSSR count). The lowest BCUT2D eigenvalue weighted by Gasteiger charge is -2.29. The summed E-state index contributed by atoms with van der Waals surface area (Å²) < 4.78 is 41.9. The van der Waals surface area contributed by atoms with E-state index in [4.69, 9.17) is 9.47 Å². The molecule has 3 aromatic rings. The Hall–Kier alpha value is -2.80. The zero-order chi connectivity index (χ0) is 20.4. The minimum atomic E-state index is -0.957. The van der Waals surface area contributed by atoms with Gasteiger partial charge in [-0.1, -0.05) is 23.8 Å². The van der Waals surface area contributed by atoms with Crippen LogP contribution in [0.4, 0.5) is 8.78 Å². The van der Waals surface area contributed by atoms with Crippen LogP contribution in [0.5, 0.6) is 5.75 Å². The first kappa shape index (κ1) is 19.5. The second-order valence-corrected chi connectivity index (χ2v) is 7.67. The van der Waals surface area contributed by atoms with Crippen LogP contribution >= 0.6 is 0 Å². The van der Waals surface area contributed by atoms with Gasteiger partial charge in [0.1, 0.15) is 35.6 Å². The summed E-state index contributed by atoms with van der Waals surface area (Å²) in [7, 11) is 0. The number of rotatable bonds is 6. The molecule has 1 fully saturated rings. The molecule has 2 aromatic carbocycles. The van der Waals surface area contributed by atoms with Gasteiger partial charge in [0.15, 0.2) is 0 Å². The molecule has 7 heteroatoms. The van der Waals surface area contributed by atoms with Gasteiger partial charge in [-0.15, -0.1) is 0 Å². The summed E-state index contributed by atoms with van der Waals surface area (Å²) in [5.41, 5.74) is 1.62. The van der Waals surface area contributed by atoms with Gasteiger partial charge in [0, 0.05) is 17.5 Å². The van der Waals surface area contributed by atoms with Crippen LogP contribution in [0.15, 0.2) is 49.1 Å². The highest BCUT2D eigenvalue weighted by Gasteiger charge is 2.44. The van der Waals surface area contributed by atoms with Crippen molar-refractivity contribution >= 4 is 0 Å². The van der Waals surface area contributed by atoms with Gasteiger partial charge in [-0.25, -0.2) is 18.4 Å². The van der Waals surface area contributed by atoms with Gasteiger partial charge in [-0.3, -0.25) is 0 Å². The molecule has 152 valence electrons. The van der Waals surface area contributed by atoms with E-state index in [9.17, 15) is 8.78 Å². The average molecular weight is 399 g/mol. The third-order valence-electron chi connectivity index (χ3n) is 5.32. The van der Waals surface area contributed by atoms with Gasteiger partial charge in [-0.2, -0.15) is 5.10 Å². The van der Waals surface area contributed by atoms with Crippen molar-refractivity contribution in [2.24, 2.45) is 5.92 Å². The first-order chi connectivity index (χ1) is 13.9.